The highest BCUT2D eigenvalue weighted by molar-refractivity contribution is 8.00. The van der Waals surface area contributed by atoms with E-state index in [1.54, 1.807) is 0 Å². The van der Waals surface area contributed by atoms with E-state index in [4.69, 9.17) is 0 Å². The van der Waals surface area contributed by atoms with Gasteiger partial charge in [0.25, 0.3) is 0 Å². The molecule has 2 unspecified atom stereocenters. The molecule has 0 heterocycles. The second-order valence-electron chi connectivity index (χ2n) is 7.72. The van der Waals surface area contributed by atoms with E-state index in [0.29, 0.717) is 16.7 Å². The number of thioether (sulfide) groups is 1. The van der Waals surface area contributed by atoms with Crippen LogP contribution in [0.25, 0.3) is 0 Å². The van der Waals surface area contributed by atoms with Gasteiger partial charge in [-0.1, -0.05) is 46.8 Å². The molecule has 1 nitrogen and oxygen atoms in total. The molecule has 0 aliphatic heterocycles. The number of nitrogens with one attached hydrogen (secondary N) is 1. The maximum atomic E-state index is 3.54. The Kier molecular flexibility index (Phi) is 4.56. The highest BCUT2D eigenvalue weighted by atomic mass is 32.2. The minimum Gasteiger partial charge on any atom is -0.315 e. The lowest BCUT2D eigenvalue weighted by molar-refractivity contribution is 0.300. The lowest BCUT2D eigenvalue weighted by atomic mass is 9.87. The van der Waals surface area contributed by atoms with Crippen LogP contribution in [0.15, 0.2) is 29.2 Å². The lowest BCUT2D eigenvalue weighted by Gasteiger charge is -2.30. The molecule has 1 saturated carbocycles. The van der Waals surface area contributed by atoms with Crippen molar-refractivity contribution in [3.05, 3.63) is 29.8 Å². The SMILES string of the molecule is CNC1C(Sc2ccc(C(C)(C)C)cc2)CCC1(C)C. The fraction of sp³-hybridized carbons (Fsp3) is 0.667. The van der Waals surface area contributed by atoms with E-state index in [0.717, 1.165) is 0 Å². The minimum atomic E-state index is 0.242. The average Bonchev–Trinajstić information content (AvgIpc) is 2.63. The van der Waals surface area contributed by atoms with E-state index in [-0.39, 0.29) is 5.41 Å². The third-order valence-electron chi connectivity index (χ3n) is 4.61. The van der Waals surface area contributed by atoms with Crippen molar-refractivity contribution in [2.75, 3.05) is 7.05 Å². The van der Waals surface area contributed by atoms with Gasteiger partial charge in [0, 0.05) is 16.2 Å². The predicted molar refractivity (Wildman–Crippen MR) is 90.6 cm³/mol. The van der Waals surface area contributed by atoms with Crippen LogP contribution in [0.5, 0.6) is 0 Å². The molecule has 1 aromatic carbocycles. The van der Waals surface area contributed by atoms with Gasteiger partial charge in [-0.2, -0.15) is 0 Å². The largest absolute Gasteiger partial charge is 0.315 e. The van der Waals surface area contributed by atoms with Crippen molar-refractivity contribution in [3.63, 3.8) is 0 Å². The van der Waals surface area contributed by atoms with E-state index in [1.165, 1.54) is 23.3 Å². The maximum Gasteiger partial charge on any atom is 0.0253 e. The van der Waals surface area contributed by atoms with E-state index in [9.17, 15) is 0 Å². The first-order chi connectivity index (χ1) is 9.24. The molecule has 0 saturated heterocycles. The number of hydrogen-bond donors (Lipinski definition) is 1. The van der Waals surface area contributed by atoms with Gasteiger partial charge in [-0.05, 0) is 48.4 Å². The van der Waals surface area contributed by atoms with Crippen LogP contribution in [0.3, 0.4) is 0 Å². The first-order valence-electron chi connectivity index (χ1n) is 7.68. The molecule has 2 atom stereocenters. The molecule has 1 aliphatic rings. The molecule has 1 aliphatic carbocycles. The summed E-state index contributed by atoms with van der Waals surface area (Å²) in [5.74, 6) is 0. The van der Waals surface area contributed by atoms with Crippen LogP contribution in [0.4, 0.5) is 0 Å². The zero-order valence-corrected chi connectivity index (χ0v) is 14.6. The molecule has 0 aromatic heterocycles. The Morgan fingerprint density at radius 2 is 1.75 bits per heavy atom. The quantitative estimate of drug-likeness (QED) is 0.854. The molecule has 20 heavy (non-hydrogen) atoms. The zero-order valence-electron chi connectivity index (χ0n) is 13.8. The topological polar surface area (TPSA) is 12.0 Å². The van der Waals surface area contributed by atoms with Crippen molar-refractivity contribution < 1.29 is 0 Å². The van der Waals surface area contributed by atoms with Crippen LogP contribution in [0.2, 0.25) is 0 Å². The number of rotatable bonds is 3. The van der Waals surface area contributed by atoms with E-state index < -0.39 is 0 Å². The average molecular weight is 292 g/mol. The van der Waals surface area contributed by atoms with Gasteiger partial charge in [-0.3, -0.25) is 0 Å². The second-order valence-corrected chi connectivity index (χ2v) is 9.04. The van der Waals surface area contributed by atoms with E-state index in [2.05, 4.69) is 71.2 Å². The summed E-state index contributed by atoms with van der Waals surface area (Å²) in [5, 5.41) is 4.23. The summed E-state index contributed by atoms with van der Waals surface area (Å²) < 4.78 is 0. The summed E-state index contributed by atoms with van der Waals surface area (Å²) in [6, 6.07) is 9.77. The molecule has 0 spiro atoms. The molecule has 112 valence electrons. The first-order valence-corrected chi connectivity index (χ1v) is 8.56. The lowest BCUT2D eigenvalue weighted by Crippen LogP contribution is -2.41. The Morgan fingerprint density at radius 1 is 1.15 bits per heavy atom. The van der Waals surface area contributed by atoms with Crippen LogP contribution < -0.4 is 5.32 Å². The van der Waals surface area contributed by atoms with Gasteiger partial charge in [0.1, 0.15) is 0 Å². The first kappa shape index (κ1) is 15.9. The third kappa shape index (κ3) is 3.40. The second kappa shape index (κ2) is 5.73. The fourth-order valence-electron chi connectivity index (χ4n) is 3.25. The minimum absolute atomic E-state index is 0.242. The van der Waals surface area contributed by atoms with Crippen molar-refractivity contribution >= 4 is 11.8 Å². The van der Waals surface area contributed by atoms with Crippen molar-refractivity contribution in [2.45, 2.75) is 69.1 Å². The Balaban J connectivity index is 2.07. The van der Waals surface area contributed by atoms with Gasteiger partial charge in [0.2, 0.25) is 0 Å². The van der Waals surface area contributed by atoms with Crippen molar-refractivity contribution in [1.82, 2.24) is 5.32 Å². The summed E-state index contributed by atoms with van der Waals surface area (Å²) in [5.41, 5.74) is 2.07. The predicted octanol–water partition coefficient (Wildman–Crippen LogP) is 4.85. The monoisotopic (exact) mass is 291 g/mol. The Hall–Kier alpha value is -0.470. The molecular formula is C18H29NS. The van der Waals surface area contributed by atoms with Crippen LogP contribution in [0, 0.1) is 5.41 Å². The zero-order chi connectivity index (χ0) is 15.0. The summed E-state index contributed by atoms with van der Waals surface area (Å²) in [4.78, 5) is 1.40. The normalized spacial score (nSPS) is 25.9. The van der Waals surface area contributed by atoms with Gasteiger partial charge < -0.3 is 5.32 Å². The molecule has 2 rings (SSSR count). The molecule has 0 bridgehead atoms. The van der Waals surface area contributed by atoms with Crippen molar-refractivity contribution in [3.8, 4) is 0 Å². The molecule has 1 aromatic rings. The molecule has 0 amide bonds. The van der Waals surface area contributed by atoms with Gasteiger partial charge >= 0.3 is 0 Å². The maximum absolute atomic E-state index is 3.54. The highest BCUT2D eigenvalue weighted by Gasteiger charge is 2.41. The van der Waals surface area contributed by atoms with E-state index >= 15 is 0 Å². The molecule has 2 heteroatoms. The van der Waals surface area contributed by atoms with Crippen LogP contribution in [-0.4, -0.2) is 18.3 Å². The van der Waals surface area contributed by atoms with Crippen LogP contribution >= 0.6 is 11.8 Å². The van der Waals surface area contributed by atoms with Crippen molar-refractivity contribution in [1.29, 1.82) is 0 Å². The Morgan fingerprint density at radius 3 is 2.25 bits per heavy atom. The highest BCUT2D eigenvalue weighted by Crippen LogP contribution is 2.45. The summed E-state index contributed by atoms with van der Waals surface area (Å²) in [6.07, 6.45) is 2.63. The summed E-state index contributed by atoms with van der Waals surface area (Å²) in [6.45, 7) is 11.6. The van der Waals surface area contributed by atoms with Gasteiger partial charge in [0.05, 0.1) is 0 Å². The number of benzene rings is 1. The van der Waals surface area contributed by atoms with Crippen LogP contribution in [0.1, 0.15) is 53.0 Å². The van der Waals surface area contributed by atoms with Crippen molar-refractivity contribution in [2.24, 2.45) is 5.41 Å². The summed E-state index contributed by atoms with van der Waals surface area (Å²) in [7, 11) is 2.11. The third-order valence-corrected chi connectivity index (χ3v) is 5.96. The molecule has 0 radical (unpaired) electrons. The van der Waals surface area contributed by atoms with Gasteiger partial charge in [0.15, 0.2) is 0 Å². The smallest absolute Gasteiger partial charge is 0.0253 e. The Labute approximate surface area is 128 Å². The van der Waals surface area contributed by atoms with Gasteiger partial charge in [-0.15, -0.1) is 11.8 Å². The Bertz CT molecular complexity index is 441. The fourth-order valence-corrected chi connectivity index (χ4v) is 4.77. The summed E-state index contributed by atoms with van der Waals surface area (Å²) >= 11 is 2.04. The van der Waals surface area contributed by atoms with Crippen LogP contribution in [-0.2, 0) is 5.41 Å². The van der Waals surface area contributed by atoms with Gasteiger partial charge in [-0.25, -0.2) is 0 Å². The standard InChI is InChI=1S/C18H29NS/c1-17(2,3)13-7-9-14(10-8-13)20-15-11-12-18(4,5)16(15)19-6/h7-10,15-16,19H,11-12H2,1-6H3. The molecule has 1 N–H and O–H groups in total. The molecular weight excluding hydrogens is 262 g/mol. The number of hydrogen-bond acceptors (Lipinski definition) is 2. The molecule has 1 fully saturated rings. The van der Waals surface area contributed by atoms with E-state index in [1.807, 2.05) is 11.8 Å².